The van der Waals surface area contributed by atoms with Crippen LogP contribution in [0.5, 0.6) is 11.5 Å². The van der Waals surface area contributed by atoms with Crippen LogP contribution in [-0.4, -0.2) is 26.8 Å². The van der Waals surface area contributed by atoms with Crippen molar-refractivity contribution in [3.05, 3.63) is 71.8 Å². The van der Waals surface area contributed by atoms with Crippen molar-refractivity contribution in [3.8, 4) is 11.5 Å². The van der Waals surface area contributed by atoms with Gasteiger partial charge in [0.2, 0.25) is 0 Å². The van der Waals surface area contributed by atoms with E-state index in [1.165, 1.54) is 23.2 Å². The highest BCUT2D eigenvalue weighted by Crippen LogP contribution is 2.28. The van der Waals surface area contributed by atoms with Gasteiger partial charge in [0.1, 0.15) is 19.7 Å². The summed E-state index contributed by atoms with van der Waals surface area (Å²) in [6, 6.07) is 14.9. The molecular formula is C21H26NO2+. The summed E-state index contributed by atoms with van der Waals surface area (Å²) >= 11 is 0. The number of rotatable bonds is 7. The molecule has 126 valence electrons. The van der Waals surface area contributed by atoms with E-state index in [2.05, 4.69) is 36.9 Å². The first-order valence-corrected chi connectivity index (χ1v) is 8.61. The van der Waals surface area contributed by atoms with Gasteiger partial charge in [0.15, 0.2) is 11.5 Å². The van der Waals surface area contributed by atoms with E-state index in [4.69, 9.17) is 9.47 Å². The van der Waals surface area contributed by atoms with Crippen molar-refractivity contribution in [3.63, 3.8) is 0 Å². The zero-order valence-electron chi connectivity index (χ0n) is 14.4. The summed E-state index contributed by atoms with van der Waals surface area (Å²) in [6.07, 6.45) is 3.89. The number of fused-ring (bicyclic) bond motifs is 1. The van der Waals surface area contributed by atoms with E-state index in [9.17, 15) is 0 Å². The van der Waals surface area contributed by atoms with Crippen molar-refractivity contribution in [2.45, 2.75) is 19.4 Å². The molecule has 0 saturated heterocycles. The minimum atomic E-state index is 0.703. The van der Waals surface area contributed by atoms with Crippen LogP contribution in [0.4, 0.5) is 0 Å². The lowest BCUT2D eigenvalue weighted by Gasteiger charge is -2.25. The topological polar surface area (TPSA) is 22.9 Å². The molecule has 3 heteroatoms. The highest BCUT2D eigenvalue weighted by atomic mass is 16.5. The largest absolute Gasteiger partial charge is 0.493 e. The Bertz CT molecular complexity index is 696. The fourth-order valence-electron chi connectivity index (χ4n) is 3.29. The lowest BCUT2D eigenvalue weighted by molar-refractivity contribution is -0.915. The molecule has 1 aliphatic heterocycles. The second-order valence-corrected chi connectivity index (χ2v) is 6.27. The Balaban J connectivity index is 1.54. The fraction of sp³-hybridized carbons (Fsp3) is 0.333. The Morgan fingerprint density at radius 2 is 1.96 bits per heavy atom. The molecule has 0 spiro atoms. The molecule has 0 saturated carbocycles. The van der Waals surface area contributed by atoms with E-state index < -0.39 is 0 Å². The van der Waals surface area contributed by atoms with Crippen LogP contribution in [0.15, 0.2) is 55.1 Å². The van der Waals surface area contributed by atoms with Crippen molar-refractivity contribution in [2.75, 3.05) is 26.8 Å². The number of nitrogens with one attached hydrogen (secondary N) is 1. The maximum absolute atomic E-state index is 5.98. The summed E-state index contributed by atoms with van der Waals surface area (Å²) in [4.78, 5) is 1.58. The number of allylic oxidation sites excluding steroid dienone is 1. The highest BCUT2D eigenvalue weighted by molar-refractivity contribution is 5.43. The van der Waals surface area contributed by atoms with Crippen LogP contribution < -0.4 is 14.4 Å². The summed E-state index contributed by atoms with van der Waals surface area (Å²) < 4.78 is 11.4. The Kier molecular flexibility index (Phi) is 5.55. The first kappa shape index (κ1) is 16.6. The predicted octanol–water partition coefficient (Wildman–Crippen LogP) is 2.44. The van der Waals surface area contributed by atoms with Gasteiger partial charge in [0, 0.05) is 12.0 Å². The van der Waals surface area contributed by atoms with Gasteiger partial charge in [-0.3, -0.25) is 0 Å². The Labute approximate surface area is 144 Å². The summed E-state index contributed by atoms with van der Waals surface area (Å²) in [5.41, 5.74) is 4.17. The molecule has 1 unspecified atom stereocenters. The van der Waals surface area contributed by atoms with Crippen LogP contribution in [0.3, 0.4) is 0 Å². The zero-order chi connectivity index (χ0) is 16.8. The van der Waals surface area contributed by atoms with E-state index in [1.54, 1.807) is 12.0 Å². The Morgan fingerprint density at radius 3 is 2.75 bits per heavy atom. The molecule has 0 amide bonds. The standard InChI is InChI=1S/C21H25NO2/c1-3-6-17-9-10-20(21(15-17)23-2)24-14-13-22-12-11-18-7-4-5-8-19(18)16-22/h3-5,7-10,15H,1,6,11-14,16H2,2H3/p+1. The van der Waals surface area contributed by atoms with Crippen molar-refractivity contribution in [2.24, 2.45) is 0 Å². The molecule has 0 aliphatic carbocycles. The molecule has 0 fully saturated rings. The molecule has 1 aliphatic rings. The maximum atomic E-state index is 5.98. The second-order valence-electron chi connectivity index (χ2n) is 6.27. The molecule has 1 heterocycles. The average Bonchev–Trinajstić information content (AvgIpc) is 2.63. The van der Waals surface area contributed by atoms with Crippen LogP contribution in [0.2, 0.25) is 0 Å². The predicted molar refractivity (Wildman–Crippen MR) is 96.9 cm³/mol. The molecule has 3 rings (SSSR count). The minimum absolute atomic E-state index is 0.703. The number of ether oxygens (including phenoxy) is 2. The summed E-state index contributed by atoms with van der Waals surface area (Å²) in [6.45, 7) is 7.75. The molecule has 0 radical (unpaired) electrons. The zero-order valence-corrected chi connectivity index (χ0v) is 14.4. The van der Waals surface area contributed by atoms with E-state index >= 15 is 0 Å². The summed E-state index contributed by atoms with van der Waals surface area (Å²) in [7, 11) is 1.69. The SMILES string of the molecule is C=CCc1ccc(OCC[NH+]2CCc3ccccc3C2)c(OC)c1. The number of quaternary nitrogens is 1. The van der Waals surface area contributed by atoms with Gasteiger partial charge < -0.3 is 14.4 Å². The number of methoxy groups -OCH3 is 1. The van der Waals surface area contributed by atoms with Crippen molar-refractivity contribution < 1.29 is 14.4 Å². The molecule has 0 aromatic heterocycles. The van der Waals surface area contributed by atoms with Crippen LogP contribution in [0.25, 0.3) is 0 Å². The van der Waals surface area contributed by atoms with Gasteiger partial charge in [-0.1, -0.05) is 36.4 Å². The Morgan fingerprint density at radius 1 is 1.12 bits per heavy atom. The van der Waals surface area contributed by atoms with Crippen LogP contribution in [0, 0.1) is 0 Å². The number of hydrogen-bond acceptors (Lipinski definition) is 2. The summed E-state index contributed by atoms with van der Waals surface area (Å²) in [5.74, 6) is 1.62. The van der Waals surface area contributed by atoms with Crippen molar-refractivity contribution in [1.82, 2.24) is 0 Å². The fourth-order valence-corrected chi connectivity index (χ4v) is 3.29. The molecule has 1 atom stereocenters. The third-order valence-corrected chi connectivity index (χ3v) is 4.63. The van der Waals surface area contributed by atoms with Gasteiger partial charge in [0.05, 0.1) is 13.7 Å². The molecule has 1 N–H and O–H groups in total. The van der Waals surface area contributed by atoms with Crippen LogP contribution in [-0.2, 0) is 19.4 Å². The summed E-state index contributed by atoms with van der Waals surface area (Å²) in [5, 5.41) is 0. The second kappa shape index (κ2) is 8.02. The number of benzene rings is 2. The van der Waals surface area contributed by atoms with E-state index in [1.807, 2.05) is 18.2 Å². The normalized spacial score (nSPS) is 16.3. The van der Waals surface area contributed by atoms with Crippen molar-refractivity contribution in [1.29, 1.82) is 0 Å². The van der Waals surface area contributed by atoms with Crippen LogP contribution in [0.1, 0.15) is 16.7 Å². The monoisotopic (exact) mass is 324 g/mol. The molecule has 2 aromatic rings. The average molecular weight is 324 g/mol. The lowest BCUT2D eigenvalue weighted by atomic mass is 10.0. The number of hydrogen-bond donors (Lipinski definition) is 1. The Hall–Kier alpha value is -2.26. The van der Waals surface area contributed by atoms with Gasteiger partial charge >= 0.3 is 0 Å². The third-order valence-electron chi connectivity index (χ3n) is 4.63. The molecule has 0 bridgehead atoms. The van der Waals surface area contributed by atoms with Gasteiger partial charge in [0.25, 0.3) is 0 Å². The van der Waals surface area contributed by atoms with Gasteiger partial charge in [-0.2, -0.15) is 0 Å². The minimum Gasteiger partial charge on any atom is -0.493 e. The maximum Gasteiger partial charge on any atom is 0.161 e. The van der Waals surface area contributed by atoms with Crippen LogP contribution >= 0.6 is 0 Å². The van der Waals surface area contributed by atoms with Crippen molar-refractivity contribution >= 4 is 0 Å². The van der Waals surface area contributed by atoms with E-state index in [0.29, 0.717) is 6.61 Å². The lowest BCUT2D eigenvalue weighted by Crippen LogP contribution is -3.12. The molecule has 24 heavy (non-hydrogen) atoms. The highest BCUT2D eigenvalue weighted by Gasteiger charge is 2.18. The van der Waals surface area contributed by atoms with E-state index in [-0.39, 0.29) is 0 Å². The van der Waals surface area contributed by atoms with E-state index in [0.717, 1.165) is 37.4 Å². The van der Waals surface area contributed by atoms with Gasteiger partial charge in [-0.25, -0.2) is 0 Å². The quantitative estimate of drug-likeness (QED) is 0.791. The smallest absolute Gasteiger partial charge is 0.161 e. The first-order valence-electron chi connectivity index (χ1n) is 8.61. The van der Waals surface area contributed by atoms with Gasteiger partial charge in [-0.05, 0) is 29.7 Å². The first-order chi connectivity index (χ1) is 11.8. The molecule has 3 nitrogen and oxygen atoms in total. The third kappa shape index (κ3) is 3.98. The molecule has 2 aromatic carbocycles. The molecular weight excluding hydrogens is 298 g/mol. The van der Waals surface area contributed by atoms with Gasteiger partial charge in [-0.15, -0.1) is 6.58 Å².